The van der Waals surface area contributed by atoms with Gasteiger partial charge in [0, 0.05) is 29.1 Å². The minimum Gasteiger partial charge on any atom is -0.492 e. The molecule has 4 N–H and O–H groups in total. The van der Waals surface area contributed by atoms with Crippen molar-refractivity contribution >= 4 is 17.2 Å². The van der Waals surface area contributed by atoms with Gasteiger partial charge in [-0.3, -0.25) is 16.1 Å². The molecule has 0 bridgehead atoms. The number of hydrogen-bond donors (Lipinski definition) is 4. The van der Waals surface area contributed by atoms with Crippen molar-refractivity contribution < 1.29 is 14.7 Å². The Bertz CT molecular complexity index is 1000. The van der Waals surface area contributed by atoms with Crippen molar-refractivity contribution in [1.82, 2.24) is 15.8 Å². The molecule has 0 aliphatic carbocycles. The summed E-state index contributed by atoms with van der Waals surface area (Å²) in [6, 6.07) is 15.1. The van der Waals surface area contributed by atoms with Gasteiger partial charge in [-0.05, 0) is 61.4 Å². The molecular weight excluding hydrogens is 424 g/mol. The Balaban J connectivity index is 1.35. The fraction of sp³-hybridized carbons (Fsp3) is 0.333. The number of ether oxygens (including phenoxy) is 2. The van der Waals surface area contributed by atoms with Gasteiger partial charge in [0.1, 0.15) is 30.5 Å². The molecule has 8 heteroatoms. The van der Waals surface area contributed by atoms with E-state index in [0.29, 0.717) is 43.5 Å². The van der Waals surface area contributed by atoms with E-state index in [1.807, 2.05) is 17.6 Å². The normalized spacial score (nSPS) is 10.9. The molecule has 0 aliphatic rings. The Morgan fingerprint density at radius 2 is 1.56 bits per heavy atom. The zero-order valence-electron chi connectivity index (χ0n) is 18.6. The Labute approximate surface area is 192 Å². The van der Waals surface area contributed by atoms with Gasteiger partial charge >= 0.3 is 0 Å². The molecule has 0 aliphatic heterocycles. The first-order valence-corrected chi connectivity index (χ1v) is 11.4. The maximum atomic E-state index is 8.74. The number of hydroxylamine groups is 1. The fourth-order valence-corrected chi connectivity index (χ4v) is 4.09. The molecule has 3 aromatic rings. The van der Waals surface area contributed by atoms with Crippen molar-refractivity contribution in [2.45, 2.75) is 26.7 Å². The molecule has 2 aromatic carbocycles. The van der Waals surface area contributed by atoms with E-state index >= 15 is 0 Å². The lowest BCUT2D eigenvalue weighted by atomic mass is 10.1. The van der Waals surface area contributed by atoms with E-state index in [9.17, 15) is 0 Å². The Morgan fingerprint density at radius 1 is 1.00 bits per heavy atom. The highest BCUT2D eigenvalue weighted by Gasteiger charge is 2.14. The fourth-order valence-electron chi connectivity index (χ4n) is 3.14. The van der Waals surface area contributed by atoms with Crippen molar-refractivity contribution in [3.05, 3.63) is 64.0 Å². The van der Waals surface area contributed by atoms with E-state index in [4.69, 9.17) is 25.1 Å². The number of nitrogens with zero attached hydrogens (tertiary/aromatic N) is 1. The second-order valence-corrected chi connectivity index (χ2v) is 8.82. The second-order valence-electron chi connectivity index (χ2n) is 7.58. The van der Waals surface area contributed by atoms with E-state index < -0.39 is 0 Å². The minimum atomic E-state index is -0.0496. The molecule has 170 valence electrons. The third-order valence-corrected chi connectivity index (χ3v) is 6.03. The van der Waals surface area contributed by atoms with Crippen LogP contribution in [-0.2, 0) is 0 Å². The van der Waals surface area contributed by atoms with E-state index in [-0.39, 0.29) is 5.84 Å². The largest absolute Gasteiger partial charge is 0.492 e. The number of thiazole rings is 1. The molecule has 7 nitrogen and oxygen atoms in total. The summed E-state index contributed by atoms with van der Waals surface area (Å²) in [5.41, 5.74) is 4.61. The summed E-state index contributed by atoms with van der Waals surface area (Å²) < 4.78 is 11.5. The number of aromatic nitrogens is 1. The van der Waals surface area contributed by atoms with Gasteiger partial charge in [-0.2, -0.15) is 0 Å². The smallest absolute Gasteiger partial charge is 0.149 e. The van der Waals surface area contributed by atoms with Crippen molar-refractivity contribution in [2.24, 2.45) is 0 Å². The van der Waals surface area contributed by atoms with Crippen LogP contribution in [0.2, 0.25) is 0 Å². The monoisotopic (exact) mass is 454 g/mol. The van der Waals surface area contributed by atoms with Crippen molar-refractivity contribution in [1.29, 1.82) is 5.41 Å². The Hall–Kier alpha value is -2.94. The molecule has 0 radical (unpaired) electrons. The number of amidine groups is 1. The SMILES string of the molecule is Cc1nc(-c2ccc(OCCNCCOc3ccc(C(=N)NO)cc3)cc2)c(C(C)C)s1. The van der Waals surface area contributed by atoms with E-state index in [1.165, 1.54) is 4.88 Å². The summed E-state index contributed by atoms with van der Waals surface area (Å²) in [6.07, 6.45) is 0. The quantitative estimate of drug-likeness (QED) is 0.146. The summed E-state index contributed by atoms with van der Waals surface area (Å²) in [4.78, 5) is 6.03. The van der Waals surface area contributed by atoms with Gasteiger partial charge < -0.3 is 14.8 Å². The maximum Gasteiger partial charge on any atom is 0.149 e. The van der Waals surface area contributed by atoms with Crippen molar-refractivity contribution in [3.8, 4) is 22.8 Å². The van der Waals surface area contributed by atoms with Crippen LogP contribution in [-0.4, -0.2) is 42.3 Å². The van der Waals surface area contributed by atoms with Crippen LogP contribution >= 0.6 is 11.3 Å². The van der Waals surface area contributed by atoms with Crippen LogP contribution in [0.5, 0.6) is 11.5 Å². The van der Waals surface area contributed by atoms with Crippen LogP contribution in [0, 0.1) is 12.3 Å². The first kappa shape index (κ1) is 23.7. The summed E-state index contributed by atoms with van der Waals surface area (Å²) in [5.74, 6) is 1.97. The van der Waals surface area contributed by atoms with Crippen LogP contribution in [0.1, 0.15) is 35.2 Å². The molecule has 0 amide bonds. The van der Waals surface area contributed by atoms with Crippen molar-refractivity contribution in [3.63, 3.8) is 0 Å². The Kier molecular flexibility index (Phi) is 8.61. The minimum absolute atomic E-state index is 0.0496. The van der Waals surface area contributed by atoms with Gasteiger partial charge in [-0.1, -0.05) is 13.8 Å². The number of benzene rings is 2. The molecular formula is C24H30N4O3S. The topological polar surface area (TPSA) is 99.5 Å². The molecule has 3 rings (SSSR count). The van der Waals surface area contributed by atoms with Crippen LogP contribution < -0.4 is 20.3 Å². The molecule has 0 fully saturated rings. The molecule has 0 unspecified atom stereocenters. The molecule has 1 heterocycles. The lowest BCUT2D eigenvalue weighted by molar-refractivity contribution is 0.234. The summed E-state index contributed by atoms with van der Waals surface area (Å²) in [6.45, 7) is 8.95. The molecule has 1 aromatic heterocycles. The number of nitrogens with one attached hydrogen (secondary N) is 3. The van der Waals surface area contributed by atoms with Crippen LogP contribution in [0.15, 0.2) is 48.5 Å². The average Bonchev–Trinajstić information content (AvgIpc) is 3.21. The van der Waals surface area contributed by atoms with Crippen LogP contribution in [0.25, 0.3) is 11.3 Å². The molecule has 32 heavy (non-hydrogen) atoms. The molecule has 0 spiro atoms. The molecule has 0 saturated carbocycles. The van der Waals surface area contributed by atoms with E-state index in [0.717, 1.165) is 22.0 Å². The predicted octanol–water partition coefficient (Wildman–Crippen LogP) is 4.59. The van der Waals surface area contributed by atoms with E-state index in [2.05, 4.69) is 38.2 Å². The van der Waals surface area contributed by atoms with Crippen molar-refractivity contribution in [2.75, 3.05) is 26.3 Å². The predicted molar refractivity (Wildman–Crippen MR) is 128 cm³/mol. The first-order valence-electron chi connectivity index (χ1n) is 10.6. The van der Waals surface area contributed by atoms with Crippen LogP contribution in [0.3, 0.4) is 0 Å². The molecule has 0 atom stereocenters. The van der Waals surface area contributed by atoms with Gasteiger partial charge in [0.2, 0.25) is 0 Å². The van der Waals surface area contributed by atoms with Gasteiger partial charge in [-0.25, -0.2) is 4.98 Å². The lowest BCUT2D eigenvalue weighted by Crippen LogP contribution is -2.25. The standard InChI is InChI=1S/C24H30N4O3S/c1-16(2)23-22(27-17(3)32-23)18-4-8-20(9-5-18)30-14-12-26-13-15-31-21-10-6-19(7-11-21)24(25)28-29/h4-11,16,26,29H,12-15H2,1-3H3,(H2,25,28). The van der Waals surface area contributed by atoms with Gasteiger partial charge in [-0.15, -0.1) is 11.3 Å². The summed E-state index contributed by atoms with van der Waals surface area (Å²) in [7, 11) is 0. The zero-order chi connectivity index (χ0) is 22.9. The number of hydrogen-bond acceptors (Lipinski definition) is 7. The second kappa shape index (κ2) is 11.6. The van der Waals surface area contributed by atoms with Gasteiger partial charge in [0.05, 0.1) is 10.7 Å². The first-order chi connectivity index (χ1) is 15.5. The van der Waals surface area contributed by atoms with Gasteiger partial charge in [0.25, 0.3) is 0 Å². The van der Waals surface area contributed by atoms with Gasteiger partial charge in [0.15, 0.2) is 0 Å². The highest BCUT2D eigenvalue weighted by atomic mass is 32.1. The summed E-state index contributed by atoms with van der Waals surface area (Å²) in [5, 5.41) is 20.6. The maximum absolute atomic E-state index is 8.74. The third-order valence-electron chi connectivity index (χ3n) is 4.76. The highest BCUT2D eigenvalue weighted by Crippen LogP contribution is 2.34. The molecule has 0 saturated heterocycles. The zero-order valence-corrected chi connectivity index (χ0v) is 19.5. The highest BCUT2D eigenvalue weighted by molar-refractivity contribution is 7.12. The lowest BCUT2D eigenvalue weighted by Gasteiger charge is -2.10. The Morgan fingerprint density at radius 3 is 2.09 bits per heavy atom. The van der Waals surface area contributed by atoms with E-state index in [1.54, 1.807) is 35.6 Å². The number of aryl methyl sites for hydroxylation is 1. The average molecular weight is 455 g/mol. The number of rotatable bonds is 11. The third kappa shape index (κ3) is 6.53. The van der Waals surface area contributed by atoms with Crippen LogP contribution in [0.4, 0.5) is 0 Å². The summed E-state index contributed by atoms with van der Waals surface area (Å²) >= 11 is 1.76.